The van der Waals surface area contributed by atoms with E-state index in [1.54, 1.807) is 0 Å². The Morgan fingerprint density at radius 2 is 1.56 bits per heavy atom. The van der Waals surface area contributed by atoms with Crippen molar-refractivity contribution in [1.82, 2.24) is 9.80 Å². The zero-order valence-electron chi connectivity index (χ0n) is 9.64. The Kier molecular flexibility index (Phi) is 3.51. The van der Waals surface area contributed by atoms with Gasteiger partial charge in [0.05, 0.1) is 0 Å². The van der Waals surface area contributed by atoms with Gasteiger partial charge in [-0.3, -0.25) is 9.59 Å². The summed E-state index contributed by atoms with van der Waals surface area (Å²) in [6, 6.07) is -0.996. The van der Waals surface area contributed by atoms with E-state index in [0.29, 0.717) is 6.54 Å². The number of hydrogen-bond acceptors (Lipinski definition) is 3. The number of carboxylic acid groups (broad SMARTS) is 1. The second-order valence-electron chi connectivity index (χ2n) is 4.11. The van der Waals surface area contributed by atoms with Crippen LogP contribution in [0.4, 0.5) is 0 Å². The molecule has 0 aromatic rings. The molecule has 1 rings (SSSR count). The Labute approximate surface area is 93.8 Å². The average molecular weight is 228 g/mol. The lowest BCUT2D eigenvalue weighted by atomic mass is 10.2. The standard InChI is InChI=1S/C10H16N2O4/c1-6(2)11-4-5-12(7(3)10(15)16)9(14)8(11)13/h6-7H,4-5H2,1-3H3,(H,15,16)/t7-/m1/s1. The number of carboxylic acids is 1. The van der Waals surface area contributed by atoms with Crippen LogP contribution in [0.2, 0.25) is 0 Å². The minimum Gasteiger partial charge on any atom is -0.480 e. The van der Waals surface area contributed by atoms with Crippen molar-refractivity contribution in [2.24, 2.45) is 0 Å². The molecule has 0 bridgehead atoms. The molecule has 1 N–H and O–H groups in total. The monoisotopic (exact) mass is 228 g/mol. The molecule has 0 saturated carbocycles. The minimum atomic E-state index is -1.10. The molecule has 1 fully saturated rings. The van der Waals surface area contributed by atoms with Crippen LogP contribution in [0.1, 0.15) is 20.8 Å². The Hall–Kier alpha value is -1.59. The minimum absolute atomic E-state index is 0.0428. The topological polar surface area (TPSA) is 77.9 Å². The Morgan fingerprint density at radius 3 is 2.00 bits per heavy atom. The van der Waals surface area contributed by atoms with E-state index in [1.165, 1.54) is 11.8 Å². The first-order valence-electron chi connectivity index (χ1n) is 5.20. The SMILES string of the molecule is CC(C)N1CCN([C@H](C)C(=O)O)C(=O)C1=O. The fourth-order valence-electron chi connectivity index (χ4n) is 1.66. The second kappa shape index (κ2) is 4.51. The highest BCUT2D eigenvalue weighted by Gasteiger charge is 2.37. The summed E-state index contributed by atoms with van der Waals surface area (Å²) in [5, 5.41) is 8.79. The zero-order valence-corrected chi connectivity index (χ0v) is 9.64. The van der Waals surface area contributed by atoms with Crippen molar-refractivity contribution in [3.05, 3.63) is 0 Å². The van der Waals surface area contributed by atoms with Gasteiger partial charge in [-0.1, -0.05) is 0 Å². The molecule has 0 unspecified atom stereocenters. The summed E-state index contributed by atoms with van der Waals surface area (Å²) in [6.45, 7) is 5.71. The van der Waals surface area contributed by atoms with E-state index in [-0.39, 0.29) is 12.6 Å². The molecular formula is C10H16N2O4. The third kappa shape index (κ3) is 2.15. The maximum atomic E-state index is 11.7. The molecule has 0 aromatic heterocycles. The summed E-state index contributed by atoms with van der Waals surface area (Å²) >= 11 is 0. The molecule has 0 radical (unpaired) electrons. The molecule has 90 valence electrons. The van der Waals surface area contributed by atoms with Crippen LogP contribution in [0.3, 0.4) is 0 Å². The fourth-order valence-corrected chi connectivity index (χ4v) is 1.66. The van der Waals surface area contributed by atoms with E-state index in [9.17, 15) is 14.4 Å². The number of amides is 2. The van der Waals surface area contributed by atoms with Crippen LogP contribution in [-0.4, -0.2) is 57.9 Å². The van der Waals surface area contributed by atoms with Crippen LogP contribution in [0.5, 0.6) is 0 Å². The lowest BCUT2D eigenvalue weighted by Gasteiger charge is -2.37. The number of carbonyl (C=O) groups excluding carboxylic acids is 2. The fraction of sp³-hybridized carbons (Fsp3) is 0.700. The van der Waals surface area contributed by atoms with E-state index in [1.807, 2.05) is 13.8 Å². The normalized spacial score (nSPS) is 19.2. The Balaban J connectivity index is 2.80. The molecule has 6 nitrogen and oxygen atoms in total. The number of carbonyl (C=O) groups is 3. The van der Waals surface area contributed by atoms with Crippen molar-refractivity contribution in [2.75, 3.05) is 13.1 Å². The van der Waals surface area contributed by atoms with Gasteiger partial charge in [-0.25, -0.2) is 4.79 Å². The second-order valence-corrected chi connectivity index (χ2v) is 4.11. The maximum absolute atomic E-state index is 11.7. The van der Waals surface area contributed by atoms with Gasteiger partial charge in [0, 0.05) is 19.1 Å². The molecule has 6 heteroatoms. The van der Waals surface area contributed by atoms with E-state index < -0.39 is 23.8 Å². The van der Waals surface area contributed by atoms with Crippen LogP contribution in [-0.2, 0) is 14.4 Å². The van der Waals surface area contributed by atoms with E-state index in [4.69, 9.17) is 5.11 Å². The van der Waals surface area contributed by atoms with Crippen LogP contribution in [0.25, 0.3) is 0 Å². The number of aliphatic carboxylic acids is 1. The third-order valence-corrected chi connectivity index (χ3v) is 2.73. The van der Waals surface area contributed by atoms with E-state index in [0.717, 1.165) is 4.90 Å². The zero-order chi connectivity index (χ0) is 12.5. The van der Waals surface area contributed by atoms with Crippen molar-refractivity contribution in [3.63, 3.8) is 0 Å². The number of nitrogens with zero attached hydrogens (tertiary/aromatic N) is 2. The molecule has 1 aliphatic rings. The summed E-state index contributed by atoms with van der Waals surface area (Å²) < 4.78 is 0. The highest BCUT2D eigenvalue weighted by molar-refractivity contribution is 6.35. The van der Waals surface area contributed by atoms with Gasteiger partial charge < -0.3 is 14.9 Å². The van der Waals surface area contributed by atoms with Gasteiger partial charge in [-0.2, -0.15) is 0 Å². The van der Waals surface area contributed by atoms with Gasteiger partial charge in [0.1, 0.15) is 6.04 Å². The smallest absolute Gasteiger partial charge is 0.326 e. The Bertz CT molecular complexity index is 327. The first-order valence-corrected chi connectivity index (χ1v) is 5.20. The van der Waals surface area contributed by atoms with E-state index >= 15 is 0 Å². The Morgan fingerprint density at radius 1 is 1.12 bits per heavy atom. The lowest BCUT2D eigenvalue weighted by molar-refractivity contribution is -0.162. The van der Waals surface area contributed by atoms with E-state index in [2.05, 4.69) is 0 Å². The predicted octanol–water partition coefficient (Wildman–Crippen LogP) is -0.461. The van der Waals surface area contributed by atoms with Gasteiger partial charge in [-0.15, -0.1) is 0 Å². The number of rotatable bonds is 3. The van der Waals surface area contributed by atoms with Crippen molar-refractivity contribution < 1.29 is 19.5 Å². The molecule has 0 aromatic carbocycles. The number of piperazine rings is 1. The summed E-state index contributed by atoms with van der Waals surface area (Å²) in [5.41, 5.74) is 0. The van der Waals surface area contributed by atoms with Gasteiger partial charge in [0.15, 0.2) is 0 Å². The van der Waals surface area contributed by atoms with Crippen LogP contribution in [0, 0.1) is 0 Å². The lowest BCUT2D eigenvalue weighted by Crippen LogP contribution is -2.59. The molecule has 1 aliphatic heterocycles. The van der Waals surface area contributed by atoms with Crippen molar-refractivity contribution in [2.45, 2.75) is 32.9 Å². The van der Waals surface area contributed by atoms with Crippen LogP contribution in [0.15, 0.2) is 0 Å². The molecular weight excluding hydrogens is 212 g/mol. The van der Waals surface area contributed by atoms with Gasteiger partial charge in [0.2, 0.25) is 0 Å². The van der Waals surface area contributed by atoms with Crippen molar-refractivity contribution in [3.8, 4) is 0 Å². The van der Waals surface area contributed by atoms with Crippen molar-refractivity contribution >= 4 is 17.8 Å². The van der Waals surface area contributed by atoms with Gasteiger partial charge >= 0.3 is 17.8 Å². The van der Waals surface area contributed by atoms with Crippen LogP contribution >= 0.6 is 0 Å². The van der Waals surface area contributed by atoms with Crippen LogP contribution < -0.4 is 0 Å². The maximum Gasteiger partial charge on any atom is 0.326 e. The highest BCUT2D eigenvalue weighted by atomic mass is 16.4. The molecule has 2 amide bonds. The average Bonchev–Trinajstić information content (AvgIpc) is 2.20. The molecule has 0 aliphatic carbocycles. The van der Waals surface area contributed by atoms with Gasteiger partial charge in [0.25, 0.3) is 0 Å². The molecule has 1 heterocycles. The van der Waals surface area contributed by atoms with Gasteiger partial charge in [-0.05, 0) is 20.8 Å². The largest absolute Gasteiger partial charge is 0.480 e. The molecule has 0 spiro atoms. The highest BCUT2D eigenvalue weighted by Crippen LogP contribution is 2.11. The predicted molar refractivity (Wildman–Crippen MR) is 55.7 cm³/mol. The molecule has 1 atom stereocenters. The number of hydrogen-bond donors (Lipinski definition) is 1. The molecule has 16 heavy (non-hydrogen) atoms. The third-order valence-electron chi connectivity index (χ3n) is 2.73. The quantitative estimate of drug-likeness (QED) is 0.663. The van der Waals surface area contributed by atoms with Crippen molar-refractivity contribution in [1.29, 1.82) is 0 Å². The molecule has 1 saturated heterocycles. The summed E-state index contributed by atoms with van der Waals surface area (Å²) in [5.74, 6) is -2.44. The first kappa shape index (κ1) is 12.5. The summed E-state index contributed by atoms with van der Waals surface area (Å²) in [4.78, 5) is 36.6. The first-order chi connectivity index (χ1) is 7.36. The summed E-state index contributed by atoms with van der Waals surface area (Å²) in [6.07, 6.45) is 0. The summed E-state index contributed by atoms with van der Waals surface area (Å²) in [7, 11) is 0.